The van der Waals surface area contributed by atoms with Crippen molar-refractivity contribution >= 4 is 11.6 Å². The molecule has 30 heavy (non-hydrogen) atoms. The number of nitrogens with one attached hydrogen (secondary N) is 1. The fourth-order valence-corrected chi connectivity index (χ4v) is 3.03. The Morgan fingerprint density at radius 2 is 1.93 bits per heavy atom. The van der Waals surface area contributed by atoms with Crippen molar-refractivity contribution in [3.63, 3.8) is 0 Å². The molecule has 3 N–H and O–H groups in total. The first-order chi connectivity index (χ1) is 14.1. The number of rotatable bonds is 7. The zero-order chi connectivity index (χ0) is 22.1. The molecule has 9 heteroatoms. The smallest absolute Gasteiger partial charge is 0.270 e. The summed E-state index contributed by atoms with van der Waals surface area (Å²) < 4.78 is 34.8. The SMILES string of the molecule is Cc1nc2c(OCc3c(F)cccc3F)cccn2c1C(=O)N[C@@H](CO)C(C)(C)O. The summed E-state index contributed by atoms with van der Waals surface area (Å²) in [6.07, 6.45) is 1.60. The number of fused-ring (bicyclic) bond motifs is 1. The quantitative estimate of drug-likeness (QED) is 0.547. The standard InChI is InChI=1S/C21H23F2N3O4/c1-12-18(20(28)25-17(10-27)21(2,3)29)26-9-5-8-16(19(26)24-12)30-11-13-14(22)6-4-7-15(13)23/h4-9,17,27,29H,10-11H2,1-3H3,(H,25,28)/t17-/m0/s1. The first kappa shape index (κ1) is 21.7. The third-order valence-corrected chi connectivity index (χ3v) is 4.78. The Morgan fingerprint density at radius 3 is 2.53 bits per heavy atom. The minimum absolute atomic E-state index is 0.190. The van der Waals surface area contributed by atoms with Gasteiger partial charge in [-0.15, -0.1) is 0 Å². The van der Waals surface area contributed by atoms with Crippen molar-refractivity contribution in [1.29, 1.82) is 0 Å². The topological polar surface area (TPSA) is 96.1 Å². The van der Waals surface area contributed by atoms with Crippen molar-refractivity contribution in [2.75, 3.05) is 6.61 Å². The fraction of sp³-hybridized carbons (Fsp3) is 0.333. The van der Waals surface area contributed by atoms with Crippen molar-refractivity contribution in [3.05, 3.63) is 65.1 Å². The van der Waals surface area contributed by atoms with Crippen LogP contribution >= 0.6 is 0 Å². The van der Waals surface area contributed by atoms with E-state index in [0.717, 1.165) is 12.1 Å². The van der Waals surface area contributed by atoms with E-state index in [2.05, 4.69) is 10.3 Å². The average Bonchev–Trinajstić information content (AvgIpc) is 3.01. The highest BCUT2D eigenvalue weighted by molar-refractivity contribution is 5.95. The molecule has 1 atom stereocenters. The maximum absolute atomic E-state index is 13.9. The number of carbonyl (C=O) groups is 1. The lowest BCUT2D eigenvalue weighted by atomic mass is 9.99. The van der Waals surface area contributed by atoms with E-state index in [4.69, 9.17) is 4.74 Å². The summed E-state index contributed by atoms with van der Waals surface area (Å²) in [4.78, 5) is 17.2. The maximum Gasteiger partial charge on any atom is 0.270 e. The predicted molar refractivity (Wildman–Crippen MR) is 105 cm³/mol. The van der Waals surface area contributed by atoms with Crippen LogP contribution in [-0.2, 0) is 6.61 Å². The molecule has 0 aliphatic rings. The zero-order valence-corrected chi connectivity index (χ0v) is 16.8. The molecule has 0 unspecified atom stereocenters. The molecule has 160 valence electrons. The van der Waals surface area contributed by atoms with E-state index in [-0.39, 0.29) is 23.6 Å². The molecule has 0 aliphatic heterocycles. The maximum atomic E-state index is 13.9. The average molecular weight is 419 g/mol. The van der Waals surface area contributed by atoms with Crippen LogP contribution in [0.3, 0.4) is 0 Å². The first-order valence-corrected chi connectivity index (χ1v) is 9.31. The predicted octanol–water partition coefficient (Wildman–Crippen LogP) is 2.36. The van der Waals surface area contributed by atoms with Gasteiger partial charge in [0.15, 0.2) is 11.4 Å². The van der Waals surface area contributed by atoms with E-state index >= 15 is 0 Å². The summed E-state index contributed by atoms with van der Waals surface area (Å²) in [5, 5.41) is 22.2. The second-order valence-corrected chi connectivity index (χ2v) is 7.46. The summed E-state index contributed by atoms with van der Waals surface area (Å²) in [5.74, 6) is -1.74. The highest BCUT2D eigenvalue weighted by atomic mass is 19.1. The van der Waals surface area contributed by atoms with Gasteiger partial charge in [-0.1, -0.05) is 6.07 Å². The van der Waals surface area contributed by atoms with Gasteiger partial charge in [0, 0.05) is 6.20 Å². The lowest BCUT2D eigenvalue weighted by Crippen LogP contribution is -2.51. The molecule has 0 fully saturated rings. The van der Waals surface area contributed by atoms with Gasteiger partial charge in [0.25, 0.3) is 5.91 Å². The number of aryl methyl sites for hydroxylation is 1. The number of benzene rings is 1. The van der Waals surface area contributed by atoms with Gasteiger partial charge in [0.2, 0.25) is 0 Å². The lowest BCUT2D eigenvalue weighted by Gasteiger charge is -2.28. The van der Waals surface area contributed by atoms with Crippen LogP contribution in [0.15, 0.2) is 36.5 Å². The molecule has 0 saturated heterocycles. The lowest BCUT2D eigenvalue weighted by molar-refractivity contribution is 0.0143. The molecular formula is C21H23F2N3O4. The van der Waals surface area contributed by atoms with Crippen LogP contribution in [0.4, 0.5) is 8.78 Å². The molecule has 0 radical (unpaired) electrons. The molecule has 1 amide bonds. The summed E-state index contributed by atoms with van der Waals surface area (Å²) in [7, 11) is 0. The Balaban J connectivity index is 1.91. The third-order valence-electron chi connectivity index (χ3n) is 4.78. The Labute approximate surface area is 171 Å². The molecule has 7 nitrogen and oxygen atoms in total. The summed E-state index contributed by atoms with van der Waals surface area (Å²) in [6.45, 7) is 3.78. The van der Waals surface area contributed by atoms with E-state index in [0.29, 0.717) is 11.3 Å². The third kappa shape index (κ3) is 4.27. The molecule has 2 aromatic heterocycles. The van der Waals surface area contributed by atoms with E-state index in [9.17, 15) is 23.8 Å². The van der Waals surface area contributed by atoms with E-state index in [1.54, 1.807) is 25.3 Å². The molecule has 1 aromatic carbocycles. The van der Waals surface area contributed by atoms with Gasteiger partial charge in [-0.3, -0.25) is 9.20 Å². The van der Waals surface area contributed by atoms with E-state index in [1.807, 2.05) is 0 Å². The monoisotopic (exact) mass is 419 g/mol. The largest absolute Gasteiger partial charge is 0.485 e. The first-order valence-electron chi connectivity index (χ1n) is 9.31. The number of aromatic nitrogens is 2. The number of hydrogen-bond donors (Lipinski definition) is 3. The summed E-state index contributed by atoms with van der Waals surface area (Å²) in [5.41, 5.74) is -0.683. The van der Waals surface area contributed by atoms with Gasteiger partial charge in [-0.2, -0.15) is 0 Å². The van der Waals surface area contributed by atoms with Crippen molar-refractivity contribution < 1.29 is 28.5 Å². The van der Waals surface area contributed by atoms with Crippen LogP contribution in [-0.4, -0.2) is 43.8 Å². The highest BCUT2D eigenvalue weighted by Crippen LogP contribution is 2.24. The number of aliphatic hydroxyl groups excluding tert-OH is 1. The van der Waals surface area contributed by atoms with Crippen molar-refractivity contribution in [3.8, 4) is 5.75 Å². The second-order valence-electron chi connectivity index (χ2n) is 7.46. The van der Waals surface area contributed by atoms with Gasteiger partial charge in [-0.25, -0.2) is 13.8 Å². The van der Waals surface area contributed by atoms with E-state index in [1.165, 1.54) is 24.3 Å². The Kier molecular flexibility index (Phi) is 6.04. The summed E-state index contributed by atoms with van der Waals surface area (Å²) in [6, 6.07) is 5.85. The van der Waals surface area contributed by atoms with Crippen LogP contribution in [0.25, 0.3) is 5.65 Å². The van der Waals surface area contributed by atoms with Gasteiger partial charge in [0.1, 0.15) is 23.9 Å². The highest BCUT2D eigenvalue weighted by Gasteiger charge is 2.30. The molecule has 0 bridgehead atoms. The van der Waals surface area contributed by atoms with Gasteiger partial charge >= 0.3 is 0 Å². The van der Waals surface area contributed by atoms with Crippen LogP contribution in [0, 0.1) is 18.6 Å². The normalized spacial score (nSPS) is 12.8. The molecule has 0 aliphatic carbocycles. The van der Waals surface area contributed by atoms with Crippen LogP contribution in [0.1, 0.15) is 35.6 Å². The second kappa shape index (κ2) is 8.37. The molecule has 3 aromatic rings. The molecule has 0 saturated carbocycles. The Bertz CT molecular complexity index is 1060. The Hall–Kier alpha value is -3.04. The van der Waals surface area contributed by atoms with Gasteiger partial charge in [-0.05, 0) is 45.0 Å². The number of aliphatic hydroxyl groups is 2. The van der Waals surface area contributed by atoms with Crippen molar-refractivity contribution in [2.24, 2.45) is 0 Å². The fourth-order valence-electron chi connectivity index (χ4n) is 3.03. The number of pyridine rings is 1. The molecular weight excluding hydrogens is 396 g/mol. The molecule has 3 rings (SSSR count). The summed E-state index contributed by atoms with van der Waals surface area (Å²) >= 11 is 0. The van der Waals surface area contributed by atoms with Crippen LogP contribution in [0.2, 0.25) is 0 Å². The number of amides is 1. The number of ether oxygens (including phenoxy) is 1. The zero-order valence-electron chi connectivity index (χ0n) is 16.8. The van der Waals surface area contributed by atoms with Gasteiger partial charge < -0.3 is 20.3 Å². The van der Waals surface area contributed by atoms with Crippen molar-refractivity contribution in [1.82, 2.24) is 14.7 Å². The number of halogens is 2. The number of carbonyl (C=O) groups excluding carboxylic acids is 1. The van der Waals surface area contributed by atoms with E-state index < -0.39 is 35.8 Å². The molecule has 0 spiro atoms. The van der Waals surface area contributed by atoms with Gasteiger partial charge in [0.05, 0.1) is 29.5 Å². The number of nitrogens with zero attached hydrogens (tertiary/aromatic N) is 2. The van der Waals surface area contributed by atoms with Crippen molar-refractivity contribution in [2.45, 2.75) is 39.0 Å². The number of hydrogen-bond acceptors (Lipinski definition) is 5. The number of imidazole rings is 1. The minimum atomic E-state index is -1.34. The molecule has 2 heterocycles. The minimum Gasteiger partial charge on any atom is -0.485 e. The van der Waals surface area contributed by atoms with Crippen LogP contribution < -0.4 is 10.1 Å². The Morgan fingerprint density at radius 1 is 1.27 bits per heavy atom. The van der Waals surface area contributed by atoms with Crippen LogP contribution in [0.5, 0.6) is 5.75 Å².